The Morgan fingerprint density at radius 1 is 1.03 bits per heavy atom. The molecule has 1 aliphatic rings. The van der Waals surface area contributed by atoms with Gasteiger partial charge >= 0.3 is 6.03 Å². The second-order valence-electron chi connectivity index (χ2n) is 8.88. The molecule has 1 aromatic heterocycles. The molecule has 2 aromatic carbocycles. The number of carbonyl (C=O) groups excluding carboxylic acids is 1. The van der Waals surface area contributed by atoms with Gasteiger partial charge in [-0.05, 0) is 56.9 Å². The van der Waals surface area contributed by atoms with E-state index in [1.807, 2.05) is 38.1 Å². The van der Waals surface area contributed by atoms with Crippen molar-refractivity contribution in [1.29, 1.82) is 0 Å². The van der Waals surface area contributed by atoms with Crippen molar-refractivity contribution in [3.05, 3.63) is 76.3 Å². The van der Waals surface area contributed by atoms with E-state index in [0.29, 0.717) is 18.3 Å². The Morgan fingerprint density at radius 2 is 1.85 bits per heavy atom. The second kappa shape index (κ2) is 9.61. The maximum atomic E-state index is 13.1. The van der Waals surface area contributed by atoms with Gasteiger partial charge < -0.3 is 9.84 Å². The number of carbonyl (C=O) groups is 1. The molecule has 0 saturated carbocycles. The van der Waals surface area contributed by atoms with E-state index >= 15 is 0 Å². The van der Waals surface area contributed by atoms with E-state index in [1.54, 1.807) is 4.90 Å². The van der Waals surface area contributed by atoms with Crippen LogP contribution in [0.15, 0.2) is 52.7 Å². The van der Waals surface area contributed by atoms with Crippen molar-refractivity contribution >= 4 is 11.6 Å². The van der Waals surface area contributed by atoms with Gasteiger partial charge in [0.05, 0.1) is 11.6 Å². The van der Waals surface area contributed by atoms with Crippen LogP contribution in [0.1, 0.15) is 67.3 Å². The van der Waals surface area contributed by atoms with E-state index < -0.39 is 0 Å². The number of nitrogens with zero attached hydrogens (tertiary/aromatic N) is 3. The molecular formula is C27H32N4O2. The number of hydrogen-bond acceptors (Lipinski definition) is 4. The summed E-state index contributed by atoms with van der Waals surface area (Å²) in [6, 6.07) is 13.9. The van der Waals surface area contributed by atoms with Crippen molar-refractivity contribution in [2.45, 2.75) is 59.9 Å². The van der Waals surface area contributed by atoms with Crippen molar-refractivity contribution in [1.82, 2.24) is 20.4 Å². The fourth-order valence-electron chi connectivity index (χ4n) is 4.28. The molecule has 2 heterocycles. The molecule has 6 heteroatoms. The van der Waals surface area contributed by atoms with Crippen LogP contribution in [0.5, 0.6) is 0 Å². The minimum absolute atomic E-state index is 0.0889. The number of amides is 2. The van der Waals surface area contributed by atoms with Gasteiger partial charge in [-0.25, -0.2) is 4.79 Å². The van der Waals surface area contributed by atoms with Crippen LogP contribution in [0.3, 0.4) is 0 Å². The molecule has 0 fully saturated rings. The van der Waals surface area contributed by atoms with E-state index in [4.69, 9.17) is 9.51 Å². The summed E-state index contributed by atoms with van der Waals surface area (Å²) in [5, 5.41) is 7.46. The van der Waals surface area contributed by atoms with E-state index in [-0.39, 0.29) is 12.1 Å². The highest BCUT2D eigenvalue weighted by Crippen LogP contribution is 2.38. The number of benzene rings is 2. The monoisotopic (exact) mass is 444 g/mol. The maximum absolute atomic E-state index is 13.1. The van der Waals surface area contributed by atoms with Crippen LogP contribution < -0.4 is 5.32 Å². The Balaban J connectivity index is 1.79. The third-order valence-electron chi connectivity index (χ3n) is 6.38. The summed E-state index contributed by atoms with van der Waals surface area (Å²) in [6.07, 6.45) is 3.12. The highest BCUT2D eigenvalue weighted by Gasteiger charge is 2.35. The predicted molar refractivity (Wildman–Crippen MR) is 130 cm³/mol. The van der Waals surface area contributed by atoms with E-state index in [1.165, 1.54) is 11.1 Å². The van der Waals surface area contributed by atoms with Crippen LogP contribution >= 0.6 is 0 Å². The van der Waals surface area contributed by atoms with Crippen LogP contribution in [0, 0.1) is 20.8 Å². The van der Waals surface area contributed by atoms with E-state index in [9.17, 15) is 4.79 Å². The van der Waals surface area contributed by atoms with Gasteiger partial charge in [0, 0.05) is 17.8 Å². The SMILES string of the molecule is CCCCCN1C(=O)NC(c2ccc(C)c(C)c2)C(c2nc(-c3cccc(C)c3)no2)=C1C. The Morgan fingerprint density at radius 3 is 2.58 bits per heavy atom. The molecular weight excluding hydrogens is 412 g/mol. The third-order valence-corrected chi connectivity index (χ3v) is 6.38. The lowest BCUT2D eigenvalue weighted by atomic mass is 9.92. The summed E-state index contributed by atoms with van der Waals surface area (Å²) in [6.45, 7) is 11.0. The van der Waals surface area contributed by atoms with Crippen LogP contribution in [-0.2, 0) is 0 Å². The van der Waals surface area contributed by atoms with Gasteiger partial charge in [0.1, 0.15) is 0 Å². The molecule has 0 bridgehead atoms. The molecule has 1 unspecified atom stereocenters. The van der Waals surface area contributed by atoms with Crippen LogP contribution in [-0.4, -0.2) is 27.6 Å². The topological polar surface area (TPSA) is 71.3 Å². The fourth-order valence-corrected chi connectivity index (χ4v) is 4.28. The molecule has 0 spiro atoms. The Labute approximate surface area is 195 Å². The quantitative estimate of drug-likeness (QED) is 0.431. The number of aromatic nitrogens is 2. The van der Waals surface area contributed by atoms with Gasteiger partial charge in [0.25, 0.3) is 5.89 Å². The first-order chi connectivity index (χ1) is 15.9. The molecule has 33 heavy (non-hydrogen) atoms. The molecule has 2 amide bonds. The normalized spacial score (nSPS) is 16.3. The zero-order chi connectivity index (χ0) is 23.5. The summed E-state index contributed by atoms with van der Waals surface area (Å²) < 4.78 is 5.79. The summed E-state index contributed by atoms with van der Waals surface area (Å²) in [7, 11) is 0. The van der Waals surface area contributed by atoms with Crippen molar-refractivity contribution in [3.8, 4) is 11.4 Å². The van der Waals surface area contributed by atoms with Crippen molar-refractivity contribution < 1.29 is 9.32 Å². The highest BCUT2D eigenvalue weighted by atomic mass is 16.5. The number of nitrogens with one attached hydrogen (secondary N) is 1. The molecule has 6 nitrogen and oxygen atoms in total. The number of hydrogen-bond donors (Lipinski definition) is 1. The molecule has 1 aliphatic heterocycles. The molecule has 172 valence electrons. The van der Waals surface area contributed by atoms with E-state index in [0.717, 1.165) is 47.2 Å². The molecule has 0 aliphatic carbocycles. The molecule has 4 rings (SSSR count). The van der Waals surface area contributed by atoms with Crippen LogP contribution in [0.25, 0.3) is 17.0 Å². The maximum Gasteiger partial charge on any atom is 0.322 e. The second-order valence-corrected chi connectivity index (χ2v) is 8.88. The largest absolute Gasteiger partial charge is 0.334 e. The molecule has 1 N–H and O–H groups in total. The molecule has 0 saturated heterocycles. The zero-order valence-electron chi connectivity index (χ0n) is 20.1. The first kappa shape index (κ1) is 22.8. The lowest BCUT2D eigenvalue weighted by Gasteiger charge is -2.35. The first-order valence-corrected chi connectivity index (χ1v) is 11.7. The average Bonchev–Trinajstić information content (AvgIpc) is 3.27. The van der Waals surface area contributed by atoms with Crippen LogP contribution in [0.4, 0.5) is 4.79 Å². The molecule has 1 atom stereocenters. The molecule has 0 radical (unpaired) electrons. The highest BCUT2D eigenvalue weighted by molar-refractivity contribution is 5.87. The van der Waals surface area contributed by atoms with Gasteiger partial charge in [0.2, 0.25) is 5.82 Å². The predicted octanol–water partition coefficient (Wildman–Crippen LogP) is 6.35. The van der Waals surface area contributed by atoms with Gasteiger partial charge in [-0.15, -0.1) is 0 Å². The molecule has 3 aromatic rings. The smallest absolute Gasteiger partial charge is 0.322 e. The van der Waals surface area contributed by atoms with Crippen molar-refractivity contribution in [3.63, 3.8) is 0 Å². The van der Waals surface area contributed by atoms with Crippen LogP contribution in [0.2, 0.25) is 0 Å². The van der Waals surface area contributed by atoms with Crippen molar-refractivity contribution in [2.24, 2.45) is 0 Å². The Kier molecular flexibility index (Phi) is 6.63. The minimum Gasteiger partial charge on any atom is -0.334 e. The number of unbranched alkanes of at least 4 members (excludes halogenated alkanes) is 2. The summed E-state index contributed by atoms with van der Waals surface area (Å²) in [5.74, 6) is 0.981. The van der Waals surface area contributed by atoms with Gasteiger partial charge in [-0.1, -0.05) is 66.9 Å². The van der Waals surface area contributed by atoms with Gasteiger partial charge in [-0.2, -0.15) is 4.98 Å². The third kappa shape index (κ3) is 4.70. The number of rotatable bonds is 7. The summed E-state index contributed by atoms with van der Waals surface area (Å²) in [4.78, 5) is 19.6. The first-order valence-electron chi connectivity index (χ1n) is 11.7. The van der Waals surface area contributed by atoms with E-state index in [2.05, 4.69) is 49.4 Å². The lowest BCUT2D eigenvalue weighted by Crippen LogP contribution is -2.46. The number of aryl methyl sites for hydroxylation is 3. The number of allylic oxidation sites excluding steroid dienone is 1. The summed E-state index contributed by atoms with van der Waals surface area (Å²) in [5.41, 5.74) is 7.14. The Hall–Kier alpha value is -3.41. The number of urea groups is 1. The lowest BCUT2D eigenvalue weighted by molar-refractivity contribution is 0.204. The minimum atomic E-state index is -0.356. The standard InChI is InChI=1S/C27H32N4O2/c1-6-7-8-14-31-20(5)23(24(28-27(31)32)21-13-12-18(3)19(4)16-21)26-29-25(30-33-26)22-11-9-10-17(2)15-22/h9-13,15-16,24H,6-8,14H2,1-5H3,(H,28,32). The van der Waals surface area contributed by atoms with Gasteiger partial charge in [0.15, 0.2) is 0 Å². The zero-order valence-corrected chi connectivity index (χ0v) is 20.1. The fraction of sp³-hybridized carbons (Fsp3) is 0.370. The Bertz CT molecular complexity index is 1190. The van der Waals surface area contributed by atoms with Crippen molar-refractivity contribution in [2.75, 3.05) is 6.54 Å². The van der Waals surface area contributed by atoms with Gasteiger partial charge in [-0.3, -0.25) is 4.90 Å². The summed E-state index contributed by atoms with van der Waals surface area (Å²) >= 11 is 0. The average molecular weight is 445 g/mol.